The minimum atomic E-state index is -0.251. The van der Waals surface area contributed by atoms with Crippen LogP contribution in [0.4, 0.5) is 5.69 Å². The standard InChI is InChI=1S/C12H13N3O2S/c1-7(2)10-11(18-15-14-10)12(17)13-8-4-3-5-9(16)6-8/h3-7,16H,1-2H3,(H,13,17). The predicted molar refractivity (Wildman–Crippen MR) is 70.1 cm³/mol. The Labute approximate surface area is 109 Å². The van der Waals surface area contributed by atoms with Gasteiger partial charge in [0.15, 0.2) is 0 Å². The van der Waals surface area contributed by atoms with Gasteiger partial charge >= 0.3 is 0 Å². The van der Waals surface area contributed by atoms with Gasteiger partial charge in [0.25, 0.3) is 5.91 Å². The summed E-state index contributed by atoms with van der Waals surface area (Å²) in [7, 11) is 0. The van der Waals surface area contributed by atoms with Crippen LogP contribution in [0.5, 0.6) is 5.75 Å². The number of carbonyl (C=O) groups excluding carboxylic acids is 1. The Morgan fingerprint density at radius 1 is 1.44 bits per heavy atom. The van der Waals surface area contributed by atoms with E-state index in [4.69, 9.17) is 0 Å². The number of hydrogen-bond donors (Lipinski definition) is 2. The second kappa shape index (κ2) is 5.14. The quantitative estimate of drug-likeness (QED) is 0.892. The molecule has 2 N–H and O–H groups in total. The fourth-order valence-electron chi connectivity index (χ4n) is 1.50. The maximum atomic E-state index is 12.0. The van der Waals surface area contributed by atoms with Crippen molar-refractivity contribution >= 4 is 23.1 Å². The smallest absolute Gasteiger partial charge is 0.269 e. The fourth-order valence-corrected chi connectivity index (χ4v) is 2.22. The molecule has 94 valence electrons. The zero-order chi connectivity index (χ0) is 13.1. The second-order valence-electron chi connectivity index (χ2n) is 4.15. The van der Waals surface area contributed by atoms with Crippen molar-refractivity contribution in [2.75, 3.05) is 5.32 Å². The van der Waals surface area contributed by atoms with Crippen LogP contribution in [0.3, 0.4) is 0 Å². The summed E-state index contributed by atoms with van der Waals surface area (Å²) in [6.07, 6.45) is 0. The minimum Gasteiger partial charge on any atom is -0.508 e. The maximum Gasteiger partial charge on any atom is 0.269 e. The molecule has 0 saturated heterocycles. The summed E-state index contributed by atoms with van der Waals surface area (Å²) in [6.45, 7) is 3.92. The normalized spacial score (nSPS) is 10.6. The third-order valence-corrected chi connectivity index (χ3v) is 3.11. The topological polar surface area (TPSA) is 75.1 Å². The lowest BCUT2D eigenvalue weighted by molar-refractivity contribution is 0.102. The SMILES string of the molecule is CC(C)c1nnsc1C(=O)Nc1cccc(O)c1. The van der Waals surface area contributed by atoms with Crippen LogP contribution >= 0.6 is 11.5 Å². The van der Waals surface area contributed by atoms with Crippen LogP contribution in [-0.2, 0) is 0 Å². The molecule has 0 aliphatic rings. The molecule has 2 aromatic rings. The van der Waals surface area contributed by atoms with Crippen molar-refractivity contribution in [1.29, 1.82) is 0 Å². The number of nitrogens with one attached hydrogen (secondary N) is 1. The first kappa shape index (κ1) is 12.5. The van der Waals surface area contributed by atoms with Crippen LogP contribution in [0.25, 0.3) is 0 Å². The maximum absolute atomic E-state index is 12.0. The number of rotatable bonds is 3. The molecule has 0 unspecified atom stereocenters. The Balaban J connectivity index is 2.20. The summed E-state index contributed by atoms with van der Waals surface area (Å²) in [5.74, 6) is 0.00675. The predicted octanol–water partition coefficient (Wildman–Crippen LogP) is 2.62. The lowest BCUT2D eigenvalue weighted by Crippen LogP contribution is -2.12. The van der Waals surface area contributed by atoms with E-state index in [1.54, 1.807) is 18.2 Å². The van der Waals surface area contributed by atoms with Crippen molar-refractivity contribution in [1.82, 2.24) is 9.59 Å². The van der Waals surface area contributed by atoms with Gasteiger partial charge in [-0.15, -0.1) is 5.10 Å². The molecule has 1 heterocycles. The third-order valence-electron chi connectivity index (χ3n) is 2.37. The molecule has 0 aliphatic heterocycles. The number of aromatic hydroxyl groups is 1. The van der Waals surface area contributed by atoms with E-state index in [0.717, 1.165) is 11.5 Å². The molecule has 6 heteroatoms. The van der Waals surface area contributed by atoms with Crippen molar-refractivity contribution in [3.8, 4) is 5.75 Å². The molecule has 1 amide bonds. The molecular weight excluding hydrogens is 250 g/mol. The van der Waals surface area contributed by atoms with E-state index in [-0.39, 0.29) is 17.6 Å². The van der Waals surface area contributed by atoms with E-state index in [9.17, 15) is 9.90 Å². The highest BCUT2D eigenvalue weighted by molar-refractivity contribution is 7.08. The molecule has 1 aromatic heterocycles. The highest BCUT2D eigenvalue weighted by Crippen LogP contribution is 2.22. The van der Waals surface area contributed by atoms with Crippen molar-refractivity contribution in [2.24, 2.45) is 0 Å². The van der Waals surface area contributed by atoms with E-state index in [2.05, 4.69) is 14.9 Å². The number of nitrogens with zero attached hydrogens (tertiary/aromatic N) is 2. The highest BCUT2D eigenvalue weighted by Gasteiger charge is 2.18. The van der Waals surface area contributed by atoms with E-state index in [1.807, 2.05) is 13.8 Å². The van der Waals surface area contributed by atoms with E-state index >= 15 is 0 Å². The van der Waals surface area contributed by atoms with Gasteiger partial charge in [0.05, 0.1) is 5.69 Å². The van der Waals surface area contributed by atoms with Crippen LogP contribution in [0.2, 0.25) is 0 Å². The number of anilines is 1. The van der Waals surface area contributed by atoms with E-state index in [1.165, 1.54) is 6.07 Å². The monoisotopic (exact) mass is 263 g/mol. The summed E-state index contributed by atoms with van der Waals surface area (Å²) >= 11 is 1.07. The Morgan fingerprint density at radius 2 is 2.22 bits per heavy atom. The first-order valence-electron chi connectivity index (χ1n) is 5.50. The fraction of sp³-hybridized carbons (Fsp3) is 0.250. The zero-order valence-corrected chi connectivity index (χ0v) is 10.9. The van der Waals surface area contributed by atoms with Gasteiger partial charge in [-0.05, 0) is 29.6 Å². The van der Waals surface area contributed by atoms with E-state index < -0.39 is 0 Å². The van der Waals surface area contributed by atoms with Gasteiger partial charge < -0.3 is 10.4 Å². The first-order chi connectivity index (χ1) is 8.58. The van der Waals surface area contributed by atoms with Gasteiger partial charge in [-0.2, -0.15) is 0 Å². The van der Waals surface area contributed by atoms with Crippen molar-refractivity contribution in [3.63, 3.8) is 0 Å². The van der Waals surface area contributed by atoms with Gasteiger partial charge in [-0.25, -0.2) is 0 Å². The Morgan fingerprint density at radius 3 is 2.89 bits per heavy atom. The number of amides is 1. The molecule has 0 spiro atoms. The zero-order valence-electron chi connectivity index (χ0n) is 10.0. The van der Waals surface area contributed by atoms with Crippen molar-refractivity contribution in [2.45, 2.75) is 19.8 Å². The second-order valence-corrected chi connectivity index (χ2v) is 4.90. The number of carbonyl (C=O) groups is 1. The molecule has 0 radical (unpaired) electrons. The molecule has 0 aliphatic carbocycles. The van der Waals surface area contributed by atoms with Crippen LogP contribution in [0.1, 0.15) is 35.1 Å². The van der Waals surface area contributed by atoms with Gasteiger partial charge in [0.1, 0.15) is 10.6 Å². The van der Waals surface area contributed by atoms with Crippen LogP contribution in [0.15, 0.2) is 24.3 Å². The van der Waals surface area contributed by atoms with Crippen molar-refractivity contribution < 1.29 is 9.90 Å². The number of aromatic nitrogens is 2. The van der Waals surface area contributed by atoms with Gasteiger partial charge in [0, 0.05) is 11.8 Å². The summed E-state index contributed by atoms with van der Waals surface area (Å²) in [5.41, 5.74) is 1.24. The molecule has 2 rings (SSSR count). The van der Waals surface area contributed by atoms with Crippen molar-refractivity contribution in [3.05, 3.63) is 34.8 Å². The van der Waals surface area contributed by atoms with Crippen LogP contribution < -0.4 is 5.32 Å². The molecular formula is C12H13N3O2S. The largest absolute Gasteiger partial charge is 0.508 e. The molecule has 0 atom stereocenters. The lowest BCUT2D eigenvalue weighted by atomic mass is 10.1. The Kier molecular flexibility index (Phi) is 3.57. The highest BCUT2D eigenvalue weighted by atomic mass is 32.1. The average Bonchev–Trinajstić information content (AvgIpc) is 2.77. The number of phenols is 1. The molecule has 1 aromatic carbocycles. The third kappa shape index (κ3) is 2.65. The summed E-state index contributed by atoms with van der Waals surface area (Å²) in [6, 6.07) is 6.41. The number of benzene rings is 1. The van der Waals surface area contributed by atoms with Gasteiger partial charge in [0.2, 0.25) is 0 Å². The summed E-state index contributed by atoms with van der Waals surface area (Å²) in [5, 5.41) is 16.0. The van der Waals surface area contributed by atoms with Gasteiger partial charge in [-0.3, -0.25) is 4.79 Å². The number of hydrogen-bond acceptors (Lipinski definition) is 5. The Hall–Kier alpha value is -1.95. The molecule has 0 saturated carbocycles. The van der Waals surface area contributed by atoms with Gasteiger partial charge in [-0.1, -0.05) is 24.4 Å². The minimum absolute atomic E-state index is 0.110. The molecule has 18 heavy (non-hydrogen) atoms. The molecule has 0 bridgehead atoms. The average molecular weight is 263 g/mol. The van der Waals surface area contributed by atoms with Crippen LogP contribution in [0, 0.1) is 0 Å². The molecule has 5 nitrogen and oxygen atoms in total. The number of phenolic OH excluding ortho intramolecular Hbond substituents is 1. The Bertz CT molecular complexity index is 566. The summed E-state index contributed by atoms with van der Waals surface area (Å²) < 4.78 is 3.81. The lowest BCUT2D eigenvalue weighted by Gasteiger charge is -2.06. The first-order valence-corrected chi connectivity index (χ1v) is 6.28. The molecule has 0 fully saturated rings. The summed E-state index contributed by atoms with van der Waals surface area (Å²) in [4.78, 5) is 12.6. The van der Waals surface area contributed by atoms with Crippen LogP contribution in [-0.4, -0.2) is 20.6 Å². The van der Waals surface area contributed by atoms with E-state index in [0.29, 0.717) is 16.3 Å².